The first-order chi connectivity index (χ1) is 11.6. The second kappa shape index (κ2) is 7.53. The van der Waals surface area contributed by atoms with Crippen molar-refractivity contribution < 1.29 is 22.7 Å². The highest BCUT2D eigenvalue weighted by atomic mass is 35.5. The molecule has 2 aromatic rings. The van der Waals surface area contributed by atoms with Gasteiger partial charge in [-0.2, -0.15) is 0 Å². The molecule has 0 amide bonds. The van der Waals surface area contributed by atoms with Gasteiger partial charge in [-0.15, -0.1) is 0 Å². The van der Waals surface area contributed by atoms with Crippen molar-refractivity contribution in [3.05, 3.63) is 63.6 Å². The van der Waals surface area contributed by atoms with Gasteiger partial charge in [-0.1, -0.05) is 35.3 Å². The third-order valence-corrected chi connectivity index (χ3v) is 4.72. The first-order valence-corrected chi connectivity index (χ1v) is 9.23. The maximum absolute atomic E-state index is 12.3. The highest BCUT2D eigenvalue weighted by molar-refractivity contribution is 7.89. The van der Waals surface area contributed by atoms with Crippen LogP contribution in [0.25, 0.3) is 0 Å². The summed E-state index contributed by atoms with van der Waals surface area (Å²) in [5.41, 5.74) is 0.0659. The Hall–Kier alpha value is -1.93. The van der Waals surface area contributed by atoms with Gasteiger partial charge in [-0.25, -0.2) is 18.4 Å². The molecule has 2 rings (SSSR count). The Kier molecular flexibility index (Phi) is 5.84. The van der Waals surface area contributed by atoms with E-state index in [9.17, 15) is 18.0 Å². The van der Waals surface area contributed by atoms with Gasteiger partial charge in [0.1, 0.15) is 0 Å². The average Bonchev–Trinajstić information content (AvgIpc) is 2.53. The predicted molar refractivity (Wildman–Crippen MR) is 93.5 cm³/mol. The topological polar surface area (TPSA) is 104 Å². The third-order valence-electron chi connectivity index (χ3n) is 3.25. The summed E-state index contributed by atoms with van der Waals surface area (Å²) in [7, 11) is -4.02. The molecule has 6 nitrogen and oxygen atoms in total. The van der Waals surface area contributed by atoms with Crippen molar-refractivity contribution in [2.24, 2.45) is 5.14 Å². The SMILES string of the molecule is CC(OC(=O)c1cc(S(N)(=O)=O)ccc1Cl)C(=O)c1cccc(Cl)c1. The largest absolute Gasteiger partial charge is 0.451 e. The van der Waals surface area contributed by atoms with E-state index < -0.39 is 27.9 Å². The lowest BCUT2D eigenvalue weighted by molar-refractivity contribution is 0.0318. The van der Waals surface area contributed by atoms with Crippen LogP contribution in [0.4, 0.5) is 0 Å². The van der Waals surface area contributed by atoms with Crippen molar-refractivity contribution in [1.82, 2.24) is 0 Å². The predicted octanol–water partition coefficient (Wildman–Crippen LogP) is 3.07. The molecule has 1 unspecified atom stereocenters. The quantitative estimate of drug-likeness (QED) is 0.612. The molecule has 132 valence electrons. The average molecular weight is 402 g/mol. The molecule has 0 saturated carbocycles. The number of carbonyl (C=O) groups is 2. The molecule has 0 aliphatic rings. The van der Waals surface area contributed by atoms with Crippen molar-refractivity contribution in [3.63, 3.8) is 0 Å². The molecule has 25 heavy (non-hydrogen) atoms. The van der Waals surface area contributed by atoms with Crippen molar-refractivity contribution >= 4 is 45.0 Å². The van der Waals surface area contributed by atoms with Gasteiger partial charge in [-0.05, 0) is 37.3 Å². The Labute approximate surface area is 154 Å². The van der Waals surface area contributed by atoms with Crippen LogP contribution in [0.1, 0.15) is 27.6 Å². The molecular weight excluding hydrogens is 389 g/mol. The fraction of sp³-hybridized carbons (Fsp3) is 0.125. The van der Waals surface area contributed by atoms with E-state index in [0.717, 1.165) is 12.1 Å². The van der Waals surface area contributed by atoms with Gasteiger partial charge in [-0.3, -0.25) is 4.79 Å². The molecule has 0 aromatic heterocycles. The summed E-state index contributed by atoms with van der Waals surface area (Å²) >= 11 is 11.7. The van der Waals surface area contributed by atoms with E-state index in [-0.39, 0.29) is 21.0 Å². The number of Topliss-reactive ketones (excluding diaryl/α,β-unsaturated/α-hetero) is 1. The van der Waals surface area contributed by atoms with Crippen LogP contribution in [-0.2, 0) is 14.8 Å². The van der Waals surface area contributed by atoms with Crippen molar-refractivity contribution in [1.29, 1.82) is 0 Å². The van der Waals surface area contributed by atoms with E-state index in [1.165, 1.54) is 25.1 Å². The van der Waals surface area contributed by atoms with E-state index in [4.69, 9.17) is 33.1 Å². The number of nitrogens with two attached hydrogens (primary N) is 1. The van der Waals surface area contributed by atoms with Crippen LogP contribution in [0.2, 0.25) is 10.0 Å². The molecule has 2 N–H and O–H groups in total. The molecular formula is C16H13Cl2NO5S. The molecule has 0 heterocycles. The number of rotatable bonds is 5. The normalized spacial score (nSPS) is 12.5. The first kappa shape index (κ1) is 19.4. The summed E-state index contributed by atoms with van der Waals surface area (Å²) in [6, 6.07) is 9.55. The number of hydrogen-bond donors (Lipinski definition) is 1. The zero-order valence-electron chi connectivity index (χ0n) is 12.9. The zero-order valence-corrected chi connectivity index (χ0v) is 15.2. The van der Waals surface area contributed by atoms with Gasteiger partial charge >= 0.3 is 5.97 Å². The summed E-state index contributed by atoms with van der Waals surface area (Å²) in [5.74, 6) is -1.41. The summed E-state index contributed by atoms with van der Waals surface area (Å²) in [6.45, 7) is 1.39. The number of esters is 1. The molecule has 0 radical (unpaired) electrons. The standard InChI is InChI=1S/C16H13Cl2NO5S/c1-9(15(20)10-3-2-4-11(17)7-10)24-16(21)13-8-12(25(19,22)23)5-6-14(13)18/h2-9H,1H3,(H2,19,22,23). The highest BCUT2D eigenvalue weighted by Gasteiger charge is 2.23. The highest BCUT2D eigenvalue weighted by Crippen LogP contribution is 2.22. The molecule has 0 aliphatic heterocycles. The minimum Gasteiger partial charge on any atom is -0.451 e. The van der Waals surface area contributed by atoms with Crippen LogP contribution in [0, 0.1) is 0 Å². The van der Waals surface area contributed by atoms with Crippen LogP contribution in [0.15, 0.2) is 47.4 Å². The van der Waals surface area contributed by atoms with Gasteiger partial charge < -0.3 is 4.74 Å². The van der Waals surface area contributed by atoms with Crippen molar-refractivity contribution in [2.45, 2.75) is 17.9 Å². The van der Waals surface area contributed by atoms with Gasteiger partial charge in [0.2, 0.25) is 15.8 Å². The summed E-state index contributed by atoms with van der Waals surface area (Å²) in [4.78, 5) is 24.2. The lowest BCUT2D eigenvalue weighted by Gasteiger charge is -2.13. The van der Waals surface area contributed by atoms with Gasteiger partial charge in [0.05, 0.1) is 15.5 Å². The van der Waals surface area contributed by atoms with E-state index in [1.54, 1.807) is 12.1 Å². The smallest absolute Gasteiger partial charge is 0.340 e. The van der Waals surface area contributed by atoms with Crippen LogP contribution in [-0.4, -0.2) is 26.3 Å². The maximum Gasteiger partial charge on any atom is 0.340 e. The van der Waals surface area contributed by atoms with Crippen LogP contribution in [0.3, 0.4) is 0 Å². The lowest BCUT2D eigenvalue weighted by atomic mass is 10.1. The Morgan fingerprint density at radius 1 is 1.12 bits per heavy atom. The van der Waals surface area contributed by atoms with Gasteiger partial charge in [0.15, 0.2) is 6.10 Å². The van der Waals surface area contributed by atoms with Crippen molar-refractivity contribution in [2.75, 3.05) is 0 Å². The third kappa shape index (κ3) is 4.79. The number of ketones is 1. The van der Waals surface area contributed by atoms with Gasteiger partial charge in [0.25, 0.3) is 0 Å². The monoisotopic (exact) mass is 401 g/mol. The van der Waals surface area contributed by atoms with E-state index in [1.807, 2.05) is 0 Å². The number of benzene rings is 2. The Bertz CT molecular complexity index is 943. The number of hydrogen-bond acceptors (Lipinski definition) is 5. The first-order valence-electron chi connectivity index (χ1n) is 6.92. The molecule has 0 spiro atoms. The number of carbonyl (C=O) groups excluding carboxylic acids is 2. The van der Waals surface area contributed by atoms with Crippen molar-refractivity contribution in [3.8, 4) is 0 Å². The van der Waals surface area contributed by atoms with Crippen LogP contribution >= 0.6 is 23.2 Å². The minimum atomic E-state index is -4.02. The molecule has 1 atom stereocenters. The second-order valence-electron chi connectivity index (χ2n) is 5.11. The number of halogens is 2. The van der Waals surface area contributed by atoms with Gasteiger partial charge in [0, 0.05) is 10.6 Å². The molecule has 0 fully saturated rings. The molecule has 0 aliphatic carbocycles. The van der Waals surface area contributed by atoms with E-state index in [0.29, 0.717) is 5.02 Å². The summed E-state index contributed by atoms with van der Waals surface area (Å²) in [6.07, 6.45) is -1.12. The molecule has 2 aromatic carbocycles. The summed E-state index contributed by atoms with van der Waals surface area (Å²) in [5, 5.41) is 5.37. The molecule has 9 heteroatoms. The van der Waals surface area contributed by atoms with Crippen LogP contribution in [0.5, 0.6) is 0 Å². The fourth-order valence-corrected chi connectivity index (χ4v) is 2.92. The van der Waals surface area contributed by atoms with E-state index >= 15 is 0 Å². The molecule has 0 saturated heterocycles. The van der Waals surface area contributed by atoms with E-state index in [2.05, 4.69) is 0 Å². The van der Waals surface area contributed by atoms with Crippen LogP contribution < -0.4 is 5.14 Å². The second-order valence-corrected chi connectivity index (χ2v) is 7.51. The molecule has 0 bridgehead atoms. The Morgan fingerprint density at radius 2 is 1.80 bits per heavy atom. The minimum absolute atomic E-state index is 0.0280. The fourth-order valence-electron chi connectivity index (χ4n) is 1.99. The Morgan fingerprint density at radius 3 is 2.40 bits per heavy atom. The Balaban J connectivity index is 2.23. The lowest BCUT2D eigenvalue weighted by Crippen LogP contribution is -2.25. The number of ether oxygens (including phenoxy) is 1. The summed E-state index contributed by atoms with van der Waals surface area (Å²) < 4.78 is 27.9. The number of primary sulfonamides is 1. The zero-order chi connectivity index (χ0) is 18.8. The maximum atomic E-state index is 12.3. The number of sulfonamides is 1.